The van der Waals surface area contributed by atoms with Crippen molar-refractivity contribution in [3.63, 3.8) is 0 Å². The van der Waals surface area contributed by atoms with E-state index >= 15 is 0 Å². The number of ketones is 2. The zero-order valence-corrected chi connectivity index (χ0v) is 23.9. The topological polar surface area (TPSA) is 109 Å². The quantitative estimate of drug-likeness (QED) is 0.268. The van der Waals surface area contributed by atoms with E-state index in [1.165, 1.54) is 24.3 Å². The third-order valence-electron chi connectivity index (χ3n) is 6.51. The molecular weight excluding hydrogens is 549 g/mol. The smallest absolute Gasteiger partial charge is 0.303 e. The second-order valence-electron chi connectivity index (χ2n) is 10.2. The monoisotopic (exact) mass is 584 g/mol. The SMILES string of the molecule is Cc1cc(F)c2c(c1)C(=O)CCC2.Cc1ccc(C(=O)CCC(=O)O)c(F)c1.Cc1ccc(CCCC(=O)O)c(F)c1. The van der Waals surface area contributed by atoms with Crippen molar-refractivity contribution in [3.05, 3.63) is 105 Å². The Bertz CT molecular complexity index is 1450. The Morgan fingerprint density at radius 1 is 0.714 bits per heavy atom. The number of fused-ring (bicyclic) bond motifs is 1. The molecule has 3 aromatic carbocycles. The lowest BCUT2D eigenvalue weighted by atomic mass is 9.89. The largest absolute Gasteiger partial charge is 0.481 e. The van der Waals surface area contributed by atoms with E-state index in [1.807, 2.05) is 19.9 Å². The summed E-state index contributed by atoms with van der Waals surface area (Å²) in [5.74, 6) is -3.34. The predicted molar refractivity (Wildman–Crippen MR) is 152 cm³/mol. The minimum absolute atomic E-state index is 0.0400. The molecule has 0 fully saturated rings. The van der Waals surface area contributed by atoms with Gasteiger partial charge in [0, 0.05) is 24.8 Å². The minimum atomic E-state index is -1.06. The molecule has 0 unspecified atom stereocenters. The lowest BCUT2D eigenvalue weighted by molar-refractivity contribution is -0.138. The molecule has 9 heteroatoms. The molecule has 3 aromatic rings. The first-order chi connectivity index (χ1) is 19.8. The van der Waals surface area contributed by atoms with Gasteiger partial charge in [0.1, 0.15) is 17.5 Å². The van der Waals surface area contributed by atoms with Gasteiger partial charge in [-0.25, -0.2) is 13.2 Å². The molecule has 1 aliphatic rings. The van der Waals surface area contributed by atoms with Crippen LogP contribution in [-0.4, -0.2) is 33.7 Å². The summed E-state index contributed by atoms with van der Waals surface area (Å²) >= 11 is 0. The van der Waals surface area contributed by atoms with Crippen molar-refractivity contribution < 1.29 is 42.6 Å². The van der Waals surface area contributed by atoms with Crippen LogP contribution in [0, 0.1) is 38.2 Å². The summed E-state index contributed by atoms with van der Waals surface area (Å²) in [6.07, 6.45) is 2.66. The van der Waals surface area contributed by atoms with Crippen LogP contribution in [0.15, 0.2) is 48.5 Å². The molecule has 0 heterocycles. The lowest BCUT2D eigenvalue weighted by Crippen LogP contribution is -2.12. The summed E-state index contributed by atoms with van der Waals surface area (Å²) in [6, 6.07) is 12.6. The maximum atomic E-state index is 13.4. The summed E-state index contributed by atoms with van der Waals surface area (Å²) < 4.78 is 39.8. The molecular formula is C33H35F3O6. The zero-order valence-electron chi connectivity index (χ0n) is 23.9. The number of carbonyl (C=O) groups excluding carboxylic acids is 2. The average Bonchev–Trinajstić information content (AvgIpc) is 2.90. The van der Waals surface area contributed by atoms with Crippen molar-refractivity contribution in [2.75, 3.05) is 0 Å². The number of carboxylic acids is 2. The van der Waals surface area contributed by atoms with Crippen molar-refractivity contribution >= 4 is 23.5 Å². The molecule has 4 rings (SSSR count). The molecule has 0 bridgehead atoms. The van der Waals surface area contributed by atoms with Crippen molar-refractivity contribution in [1.82, 2.24) is 0 Å². The van der Waals surface area contributed by atoms with Crippen LogP contribution in [-0.2, 0) is 22.4 Å². The average molecular weight is 585 g/mol. The Kier molecular flexibility index (Phi) is 13.1. The van der Waals surface area contributed by atoms with Gasteiger partial charge in [0.25, 0.3) is 0 Å². The molecule has 0 radical (unpaired) electrons. The number of carbonyl (C=O) groups is 4. The maximum absolute atomic E-state index is 13.4. The van der Waals surface area contributed by atoms with Gasteiger partial charge < -0.3 is 10.2 Å². The van der Waals surface area contributed by atoms with Gasteiger partial charge in [0.2, 0.25) is 0 Å². The number of aryl methyl sites for hydroxylation is 4. The highest BCUT2D eigenvalue weighted by atomic mass is 19.1. The van der Waals surface area contributed by atoms with Gasteiger partial charge in [-0.1, -0.05) is 18.2 Å². The first-order valence-corrected chi connectivity index (χ1v) is 13.6. The predicted octanol–water partition coefficient (Wildman–Crippen LogP) is 7.38. The van der Waals surface area contributed by atoms with Gasteiger partial charge in [0.15, 0.2) is 11.6 Å². The number of halogens is 3. The molecule has 0 saturated heterocycles. The third-order valence-corrected chi connectivity index (χ3v) is 6.51. The maximum Gasteiger partial charge on any atom is 0.303 e. The lowest BCUT2D eigenvalue weighted by Gasteiger charge is -2.15. The molecule has 0 saturated carbocycles. The van der Waals surface area contributed by atoms with Gasteiger partial charge in [-0.2, -0.15) is 0 Å². The fourth-order valence-corrected chi connectivity index (χ4v) is 4.32. The standard InChI is InChI=1S/C11H11FO3.C11H13FO2.C11H11FO/c1-7-2-3-8(9(12)6-7)10(13)4-5-11(14)15;1-8-5-6-9(10(12)7-8)3-2-4-11(13)14;1-7-5-9-8(10(12)6-7)3-2-4-11(9)13/h2-3,6H,4-5H2,1H3,(H,14,15);5-7H,2-4H2,1H3,(H,13,14);5-6H,2-4H2,1H3. The molecule has 0 amide bonds. The van der Waals surface area contributed by atoms with Crippen molar-refractivity contribution in [2.24, 2.45) is 0 Å². The number of carboxylic acid groups (broad SMARTS) is 2. The van der Waals surface area contributed by atoms with E-state index in [-0.39, 0.29) is 42.2 Å². The van der Waals surface area contributed by atoms with Gasteiger partial charge in [0.05, 0.1) is 12.0 Å². The Morgan fingerprint density at radius 3 is 1.90 bits per heavy atom. The fourth-order valence-electron chi connectivity index (χ4n) is 4.32. The number of benzene rings is 3. The van der Waals surface area contributed by atoms with Crippen LogP contribution in [0.4, 0.5) is 13.2 Å². The van der Waals surface area contributed by atoms with Crippen LogP contribution in [0.5, 0.6) is 0 Å². The van der Waals surface area contributed by atoms with Crippen LogP contribution in [0.3, 0.4) is 0 Å². The summed E-state index contributed by atoms with van der Waals surface area (Å²) in [6.45, 7) is 5.35. The highest BCUT2D eigenvalue weighted by Crippen LogP contribution is 2.25. The third kappa shape index (κ3) is 11.0. The number of rotatable bonds is 8. The minimum Gasteiger partial charge on any atom is -0.481 e. The van der Waals surface area contributed by atoms with Crippen molar-refractivity contribution in [1.29, 1.82) is 0 Å². The van der Waals surface area contributed by atoms with E-state index in [0.29, 0.717) is 42.4 Å². The highest BCUT2D eigenvalue weighted by Gasteiger charge is 2.20. The molecule has 0 aliphatic heterocycles. The van der Waals surface area contributed by atoms with Crippen LogP contribution in [0.25, 0.3) is 0 Å². The summed E-state index contributed by atoms with van der Waals surface area (Å²) in [5.41, 5.74) is 4.20. The number of aliphatic carboxylic acids is 2. The number of hydrogen-bond donors (Lipinski definition) is 2. The Hall–Kier alpha value is -4.27. The van der Waals surface area contributed by atoms with E-state index < -0.39 is 23.5 Å². The van der Waals surface area contributed by atoms with Crippen molar-refractivity contribution in [2.45, 2.75) is 72.1 Å². The molecule has 0 spiro atoms. The normalized spacial score (nSPS) is 11.8. The Balaban J connectivity index is 0.000000220. The Labute approximate surface area is 243 Å². The first-order valence-electron chi connectivity index (χ1n) is 13.6. The van der Waals surface area contributed by atoms with E-state index in [2.05, 4.69) is 0 Å². The van der Waals surface area contributed by atoms with E-state index in [0.717, 1.165) is 23.1 Å². The van der Waals surface area contributed by atoms with Crippen LogP contribution < -0.4 is 0 Å². The molecule has 6 nitrogen and oxygen atoms in total. The number of Topliss-reactive ketones (excluding diaryl/α,β-unsaturated/α-hetero) is 2. The highest BCUT2D eigenvalue weighted by molar-refractivity contribution is 5.98. The summed E-state index contributed by atoms with van der Waals surface area (Å²) in [5, 5.41) is 16.8. The van der Waals surface area contributed by atoms with Gasteiger partial charge in [-0.15, -0.1) is 0 Å². The zero-order chi connectivity index (χ0) is 31.4. The number of hydrogen-bond acceptors (Lipinski definition) is 4. The van der Waals surface area contributed by atoms with E-state index in [4.69, 9.17) is 10.2 Å². The van der Waals surface area contributed by atoms with Gasteiger partial charge in [-0.3, -0.25) is 19.2 Å². The summed E-state index contributed by atoms with van der Waals surface area (Å²) in [4.78, 5) is 43.3. The van der Waals surface area contributed by atoms with Gasteiger partial charge >= 0.3 is 11.9 Å². The van der Waals surface area contributed by atoms with Gasteiger partial charge in [-0.05, 0) is 105 Å². The van der Waals surface area contributed by atoms with Crippen molar-refractivity contribution in [3.8, 4) is 0 Å². The second kappa shape index (κ2) is 16.2. The molecule has 42 heavy (non-hydrogen) atoms. The first kappa shape index (κ1) is 33.9. The molecule has 0 aromatic heterocycles. The van der Waals surface area contributed by atoms with Crippen LogP contribution >= 0.6 is 0 Å². The van der Waals surface area contributed by atoms with Crippen LogP contribution in [0.1, 0.15) is 87.1 Å². The van der Waals surface area contributed by atoms with Crippen LogP contribution in [0.2, 0.25) is 0 Å². The molecule has 224 valence electrons. The fraction of sp³-hybridized carbons (Fsp3) is 0.333. The summed E-state index contributed by atoms with van der Waals surface area (Å²) in [7, 11) is 0. The molecule has 1 aliphatic carbocycles. The van der Waals surface area contributed by atoms with E-state index in [1.54, 1.807) is 25.1 Å². The Morgan fingerprint density at radius 2 is 1.31 bits per heavy atom. The second-order valence-corrected chi connectivity index (χ2v) is 10.2. The van der Waals surface area contributed by atoms with E-state index in [9.17, 15) is 32.3 Å². The molecule has 2 N–H and O–H groups in total. The molecule has 0 atom stereocenters.